The van der Waals surface area contributed by atoms with Crippen LogP contribution in [0.25, 0.3) is 0 Å². The highest BCUT2D eigenvalue weighted by Gasteiger charge is 2.09. The van der Waals surface area contributed by atoms with E-state index < -0.39 is 18.8 Å². The molecule has 0 spiro atoms. The van der Waals surface area contributed by atoms with Gasteiger partial charge in [-0.05, 0) is 17.7 Å². The number of hydrogen-bond acceptors (Lipinski definition) is 3. The zero-order valence-electron chi connectivity index (χ0n) is 8.83. The second-order valence-electron chi connectivity index (χ2n) is 3.31. The number of nitrogens with two attached hydrogens (primary N) is 1. The second-order valence-corrected chi connectivity index (χ2v) is 3.31. The number of alkyl halides is 2. The molecule has 0 radical (unpaired) electrons. The molecular weight excluding hydrogens is 235 g/mol. The Morgan fingerprint density at radius 3 is 2.76 bits per heavy atom. The molecule has 0 saturated carbocycles. The Morgan fingerprint density at radius 2 is 2.18 bits per heavy atom. The van der Waals surface area contributed by atoms with Crippen LogP contribution in [0.1, 0.15) is 11.1 Å². The van der Waals surface area contributed by atoms with Crippen LogP contribution in [0.15, 0.2) is 23.4 Å². The molecule has 0 atom stereocenters. The van der Waals surface area contributed by atoms with Gasteiger partial charge < -0.3 is 16.3 Å². The van der Waals surface area contributed by atoms with E-state index in [1.165, 1.54) is 12.1 Å². The fourth-order valence-electron chi connectivity index (χ4n) is 1.31. The summed E-state index contributed by atoms with van der Waals surface area (Å²) in [6.07, 6.45) is -2.47. The van der Waals surface area contributed by atoms with Gasteiger partial charge >= 0.3 is 0 Å². The van der Waals surface area contributed by atoms with Crippen molar-refractivity contribution in [2.75, 3.05) is 6.54 Å². The molecule has 17 heavy (non-hydrogen) atoms. The summed E-state index contributed by atoms with van der Waals surface area (Å²) in [4.78, 5) is 0. The number of rotatable bonds is 5. The van der Waals surface area contributed by atoms with Gasteiger partial charge in [0, 0.05) is 12.1 Å². The Labute approximate surface area is 95.9 Å². The van der Waals surface area contributed by atoms with Gasteiger partial charge in [-0.3, -0.25) is 0 Å². The summed E-state index contributed by atoms with van der Waals surface area (Å²) in [5.41, 5.74) is 6.00. The standard InChI is InChI=1S/C10H12F3N3O/c11-7-2-1-6(4-15-5-9(12)13)8(3-7)10(14)16-17/h1-3,9,15,17H,4-5H2,(H2,14,16). The van der Waals surface area contributed by atoms with Crippen molar-refractivity contribution in [2.24, 2.45) is 10.9 Å². The van der Waals surface area contributed by atoms with Crippen molar-refractivity contribution in [3.05, 3.63) is 35.1 Å². The first-order valence-corrected chi connectivity index (χ1v) is 4.79. The van der Waals surface area contributed by atoms with Gasteiger partial charge in [-0.2, -0.15) is 0 Å². The van der Waals surface area contributed by atoms with Crippen molar-refractivity contribution in [1.29, 1.82) is 0 Å². The Balaban J connectivity index is 2.83. The number of nitrogens with zero attached hydrogens (tertiary/aromatic N) is 1. The molecule has 0 saturated heterocycles. The first kappa shape index (κ1) is 13.3. The third kappa shape index (κ3) is 3.95. The van der Waals surface area contributed by atoms with E-state index in [2.05, 4.69) is 10.5 Å². The number of benzene rings is 1. The van der Waals surface area contributed by atoms with Gasteiger partial charge in [0.25, 0.3) is 6.43 Å². The highest BCUT2D eigenvalue weighted by molar-refractivity contribution is 5.98. The van der Waals surface area contributed by atoms with Crippen LogP contribution >= 0.6 is 0 Å². The van der Waals surface area contributed by atoms with Crippen LogP contribution in [0.2, 0.25) is 0 Å². The maximum atomic E-state index is 13.0. The van der Waals surface area contributed by atoms with Gasteiger partial charge in [0.05, 0.1) is 6.54 Å². The summed E-state index contributed by atoms with van der Waals surface area (Å²) in [5, 5.41) is 13.7. The van der Waals surface area contributed by atoms with E-state index in [1.807, 2.05) is 0 Å². The second kappa shape index (κ2) is 6.09. The molecule has 0 aromatic heterocycles. The molecule has 0 bridgehead atoms. The number of hydrogen-bond donors (Lipinski definition) is 3. The normalized spacial score (nSPS) is 12.1. The van der Waals surface area contributed by atoms with Crippen LogP contribution in [-0.4, -0.2) is 24.0 Å². The largest absolute Gasteiger partial charge is 0.409 e. The number of nitrogens with one attached hydrogen (secondary N) is 1. The fourth-order valence-corrected chi connectivity index (χ4v) is 1.31. The lowest BCUT2D eigenvalue weighted by Gasteiger charge is -2.09. The molecule has 0 aliphatic rings. The molecule has 0 unspecified atom stereocenters. The molecule has 4 nitrogen and oxygen atoms in total. The van der Waals surface area contributed by atoms with Gasteiger partial charge in [-0.25, -0.2) is 13.2 Å². The third-order valence-electron chi connectivity index (χ3n) is 2.07. The van der Waals surface area contributed by atoms with Crippen LogP contribution < -0.4 is 11.1 Å². The molecule has 0 aliphatic carbocycles. The lowest BCUT2D eigenvalue weighted by molar-refractivity contribution is 0.145. The molecule has 1 aromatic rings. The van der Waals surface area contributed by atoms with Gasteiger partial charge in [0.2, 0.25) is 0 Å². The van der Waals surface area contributed by atoms with Gasteiger partial charge in [0.15, 0.2) is 5.84 Å². The van der Waals surface area contributed by atoms with Crippen LogP contribution in [0.3, 0.4) is 0 Å². The summed E-state index contributed by atoms with van der Waals surface area (Å²) in [7, 11) is 0. The van der Waals surface area contributed by atoms with Crippen molar-refractivity contribution in [3.63, 3.8) is 0 Å². The SMILES string of the molecule is N/C(=N/O)c1cc(F)ccc1CNCC(F)F. The molecule has 0 heterocycles. The minimum atomic E-state index is -2.47. The molecule has 94 valence electrons. The van der Waals surface area contributed by atoms with Crippen LogP contribution in [0, 0.1) is 5.82 Å². The zero-order chi connectivity index (χ0) is 12.8. The van der Waals surface area contributed by atoms with E-state index >= 15 is 0 Å². The lowest BCUT2D eigenvalue weighted by atomic mass is 10.1. The van der Waals surface area contributed by atoms with Gasteiger partial charge in [-0.15, -0.1) is 0 Å². The predicted octanol–water partition coefficient (Wildman–Crippen LogP) is 1.27. The average molecular weight is 247 g/mol. The Bertz CT molecular complexity index is 410. The molecule has 1 aromatic carbocycles. The quantitative estimate of drug-likeness (QED) is 0.317. The maximum absolute atomic E-state index is 13.0. The van der Waals surface area contributed by atoms with Crippen LogP contribution in [-0.2, 0) is 6.54 Å². The zero-order valence-corrected chi connectivity index (χ0v) is 8.83. The van der Waals surface area contributed by atoms with E-state index in [0.29, 0.717) is 5.56 Å². The van der Waals surface area contributed by atoms with Crippen molar-refractivity contribution in [2.45, 2.75) is 13.0 Å². The Hall–Kier alpha value is -1.76. The molecular formula is C10H12F3N3O. The Morgan fingerprint density at radius 1 is 1.47 bits per heavy atom. The topological polar surface area (TPSA) is 70.6 Å². The highest BCUT2D eigenvalue weighted by atomic mass is 19.3. The smallest absolute Gasteiger partial charge is 0.250 e. The third-order valence-corrected chi connectivity index (χ3v) is 2.07. The van der Waals surface area contributed by atoms with E-state index in [4.69, 9.17) is 10.9 Å². The molecule has 0 fully saturated rings. The minimum Gasteiger partial charge on any atom is -0.409 e. The molecule has 0 aliphatic heterocycles. The lowest BCUT2D eigenvalue weighted by Crippen LogP contribution is -2.23. The van der Waals surface area contributed by atoms with Crippen LogP contribution in [0.5, 0.6) is 0 Å². The first-order valence-electron chi connectivity index (χ1n) is 4.79. The highest BCUT2D eigenvalue weighted by Crippen LogP contribution is 2.11. The maximum Gasteiger partial charge on any atom is 0.250 e. The summed E-state index contributed by atoms with van der Waals surface area (Å²) in [6.45, 7) is -0.400. The summed E-state index contributed by atoms with van der Waals surface area (Å²) in [5.74, 6) is -0.817. The molecule has 1 rings (SSSR count). The first-order chi connectivity index (χ1) is 8.04. The summed E-state index contributed by atoms with van der Waals surface area (Å²) >= 11 is 0. The monoisotopic (exact) mass is 247 g/mol. The fraction of sp³-hybridized carbons (Fsp3) is 0.300. The average Bonchev–Trinajstić information content (AvgIpc) is 2.29. The summed E-state index contributed by atoms with van der Waals surface area (Å²) in [6, 6.07) is 3.64. The van der Waals surface area contributed by atoms with E-state index in [9.17, 15) is 13.2 Å². The minimum absolute atomic E-state index is 0.0795. The number of amidine groups is 1. The Kier molecular flexibility index (Phi) is 4.77. The van der Waals surface area contributed by atoms with E-state index in [0.717, 1.165) is 6.07 Å². The van der Waals surface area contributed by atoms with E-state index in [1.54, 1.807) is 0 Å². The van der Waals surface area contributed by atoms with Gasteiger partial charge in [-0.1, -0.05) is 11.2 Å². The molecule has 4 N–H and O–H groups in total. The molecule has 0 amide bonds. The van der Waals surface area contributed by atoms with Gasteiger partial charge in [0.1, 0.15) is 5.82 Å². The molecule has 7 heteroatoms. The van der Waals surface area contributed by atoms with Crippen molar-refractivity contribution >= 4 is 5.84 Å². The van der Waals surface area contributed by atoms with E-state index in [-0.39, 0.29) is 17.9 Å². The van der Waals surface area contributed by atoms with Crippen molar-refractivity contribution < 1.29 is 18.4 Å². The van der Waals surface area contributed by atoms with Crippen molar-refractivity contribution in [3.8, 4) is 0 Å². The van der Waals surface area contributed by atoms with Crippen LogP contribution in [0.4, 0.5) is 13.2 Å². The summed E-state index contributed by atoms with van der Waals surface area (Å²) < 4.78 is 36.8. The number of oxime groups is 1. The predicted molar refractivity (Wildman–Crippen MR) is 56.6 cm³/mol. The number of halogens is 3. The van der Waals surface area contributed by atoms with Crippen molar-refractivity contribution in [1.82, 2.24) is 5.32 Å².